The first-order valence-corrected chi connectivity index (χ1v) is 6.19. The normalized spacial score (nSPS) is 15.2. The molecule has 0 aliphatic carbocycles. The summed E-state index contributed by atoms with van der Waals surface area (Å²) in [6.45, 7) is 7.05. The van der Waals surface area contributed by atoms with Crippen LogP contribution in [0, 0.1) is 5.92 Å². The lowest BCUT2D eigenvalue weighted by Crippen LogP contribution is -2.28. The molecule has 0 radical (unpaired) electrons. The van der Waals surface area contributed by atoms with E-state index < -0.39 is 5.60 Å². The Kier molecular flexibility index (Phi) is 4.98. The standard InChI is InChI=1S/C12H21ClN2O2/c1-9(2)7-12(3,16)11-10(13)8-14-15(11)5-6-17-4/h8-9,16H,5-7H2,1-4H3. The molecule has 1 unspecified atom stereocenters. The van der Waals surface area contributed by atoms with Crippen molar-refractivity contribution in [2.75, 3.05) is 13.7 Å². The van der Waals surface area contributed by atoms with E-state index in [0.29, 0.717) is 36.2 Å². The number of aliphatic hydroxyl groups is 1. The Morgan fingerprint density at radius 2 is 2.24 bits per heavy atom. The minimum absolute atomic E-state index is 0.381. The van der Waals surface area contributed by atoms with Crippen LogP contribution in [0.1, 0.15) is 32.9 Å². The maximum absolute atomic E-state index is 10.5. The van der Waals surface area contributed by atoms with Gasteiger partial charge in [-0.3, -0.25) is 4.68 Å². The van der Waals surface area contributed by atoms with Gasteiger partial charge in [0.15, 0.2) is 0 Å². The molecule has 0 fully saturated rings. The molecule has 98 valence electrons. The van der Waals surface area contributed by atoms with E-state index in [1.165, 1.54) is 0 Å². The monoisotopic (exact) mass is 260 g/mol. The lowest BCUT2D eigenvalue weighted by molar-refractivity contribution is 0.0247. The van der Waals surface area contributed by atoms with Gasteiger partial charge in [0.1, 0.15) is 5.60 Å². The topological polar surface area (TPSA) is 47.3 Å². The third-order valence-corrected chi connectivity index (χ3v) is 2.89. The van der Waals surface area contributed by atoms with Crippen molar-refractivity contribution < 1.29 is 9.84 Å². The van der Waals surface area contributed by atoms with E-state index >= 15 is 0 Å². The molecule has 0 saturated heterocycles. The molecule has 0 aliphatic rings. The number of hydrogen-bond acceptors (Lipinski definition) is 3. The molecular weight excluding hydrogens is 240 g/mol. The summed E-state index contributed by atoms with van der Waals surface area (Å²) in [5.74, 6) is 0.381. The van der Waals surface area contributed by atoms with E-state index in [1.54, 1.807) is 24.9 Å². The second-order valence-corrected chi connectivity index (χ2v) is 5.34. The van der Waals surface area contributed by atoms with Crippen molar-refractivity contribution in [3.8, 4) is 0 Å². The minimum atomic E-state index is -0.963. The zero-order valence-electron chi connectivity index (χ0n) is 10.9. The molecule has 1 aromatic heterocycles. The van der Waals surface area contributed by atoms with Crippen LogP contribution in [-0.2, 0) is 16.9 Å². The zero-order valence-corrected chi connectivity index (χ0v) is 11.7. The van der Waals surface area contributed by atoms with Crippen LogP contribution in [0.5, 0.6) is 0 Å². The minimum Gasteiger partial charge on any atom is -0.384 e. The van der Waals surface area contributed by atoms with E-state index in [9.17, 15) is 5.11 Å². The number of halogens is 1. The molecule has 0 aromatic carbocycles. The maximum Gasteiger partial charge on any atom is 0.105 e. The maximum atomic E-state index is 10.5. The molecule has 4 nitrogen and oxygen atoms in total. The van der Waals surface area contributed by atoms with E-state index in [-0.39, 0.29) is 0 Å². The van der Waals surface area contributed by atoms with Gasteiger partial charge in [0.05, 0.1) is 30.1 Å². The first kappa shape index (κ1) is 14.5. The highest BCUT2D eigenvalue weighted by atomic mass is 35.5. The average Bonchev–Trinajstić information content (AvgIpc) is 2.55. The molecule has 0 spiro atoms. The summed E-state index contributed by atoms with van der Waals surface area (Å²) >= 11 is 6.11. The molecule has 0 bridgehead atoms. The van der Waals surface area contributed by atoms with Crippen molar-refractivity contribution in [3.63, 3.8) is 0 Å². The van der Waals surface area contributed by atoms with Gasteiger partial charge in [-0.15, -0.1) is 0 Å². The molecule has 1 heterocycles. The molecule has 1 rings (SSSR count). The Morgan fingerprint density at radius 3 is 2.76 bits per heavy atom. The third-order valence-electron chi connectivity index (χ3n) is 2.62. The van der Waals surface area contributed by atoms with Gasteiger partial charge in [0, 0.05) is 7.11 Å². The summed E-state index contributed by atoms with van der Waals surface area (Å²) in [4.78, 5) is 0. The van der Waals surface area contributed by atoms with Crippen LogP contribution in [0.2, 0.25) is 5.02 Å². The fourth-order valence-electron chi connectivity index (χ4n) is 2.14. The van der Waals surface area contributed by atoms with Crippen LogP contribution >= 0.6 is 11.6 Å². The van der Waals surface area contributed by atoms with Gasteiger partial charge in [-0.1, -0.05) is 25.4 Å². The van der Waals surface area contributed by atoms with E-state index in [0.717, 1.165) is 0 Å². The summed E-state index contributed by atoms with van der Waals surface area (Å²) in [7, 11) is 1.64. The van der Waals surface area contributed by atoms with Gasteiger partial charge in [0.25, 0.3) is 0 Å². The van der Waals surface area contributed by atoms with E-state index in [1.807, 2.05) is 0 Å². The summed E-state index contributed by atoms with van der Waals surface area (Å²) < 4.78 is 6.73. The van der Waals surface area contributed by atoms with Crippen LogP contribution in [0.15, 0.2) is 6.20 Å². The molecule has 1 atom stereocenters. The molecule has 0 aliphatic heterocycles. The lowest BCUT2D eigenvalue weighted by Gasteiger charge is -2.26. The Hall–Kier alpha value is -0.580. The van der Waals surface area contributed by atoms with Crippen LogP contribution < -0.4 is 0 Å². The van der Waals surface area contributed by atoms with E-state index in [2.05, 4.69) is 18.9 Å². The number of hydrogen-bond donors (Lipinski definition) is 1. The van der Waals surface area contributed by atoms with Crippen LogP contribution in [0.25, 0.3) is 0 Å². The van der Waals surface area contributed by atoms with Crippen molar-refractivity contribution in [1.82, 2.24) is 9.78 Å². The highest BCUT2D eigenvalue weighted by Crippen LogP contribution is 2.32. The average molecular weight is 261 g/mol. The molecular formula is C12H21ClN2O2. The predicted octanol–water partition coefficient (Wildman–Crippen LogP) is 2.44. The van der Waals surface area contributed by atoms with Gasteiger partial charge in [0.2, 0.25) is 0 Å². The lowest BCUT2D eigenvalue weighted by atomic mass is 9.91. The van der Waals surface area contributed by atoms with Gasteiger partial charge in [-0.25, -0.2) is 0 Å². The van der Waals surface area contributed by atoms with Crippen molar-refractivity contribution in [2.24, 2.45) is 5.92 Å². The Balaban J connectivity index is 2.97. The highest BCUT2D eigenvalue weighted by molar-refractivity contribution is 6.31. The van der Waals surface area contributed by atoms with Crippen molar-refractivity contribution in [2.45, 2.75) is 39.3 Å². The molecule has 5 heteroatoms. The molecule has 1 aromatic rings. The number of ether oxygens (including phenoxy) is 1. The van der Waals surface area contributed by atoms with Gasteiger partial charge in [-0.05, 0) is 19.3 Å². The zero-order chi connectivity index (χ0) is 13.1. The first-order chi connectivity index (χ1) is 7.88. The summed E-state index contributed by atoms with van der Waals surface area (Å²) in [5, 5.41) is 15.2. The van der Waals surface area contributed by atoms with Crippen molar-refractivity contribution >= 4 is 11.6 Å². The van der Waals surface area contributed by atoms with Crippen LogP contribution in [-0.4, -0.2) is 28.6 Å². The number of rotatable bonds is 6. The highest BCUT2D eigenvalue weighted by Gasteiger charge is 2.31. The fourth-order valence-corrected chi connectivity index (χ4v) is 2.48. The summed E-state index contributed by atoms with van der Waals surface area (Å²) in [6.07, 6.45) is 2.22. The second-order valence-electron chi connectivity index (χ2n) is 4.93. The number of aromatic nitrogens is 2. The summed E-state index contributed by atoms with van der Waals surface area (Å²) in [5.41, 5.74) is -0.292. The fraction of sp³-hybridized carbons (Fsp3) is 0.750. The quantitative estimate of drug-likeness (QED) is 0.855. The van der Waals surface area contributed by atoms with Crippen molar-refractivity contribution in [3.05, 3.63) is 16.9 Å². The van der Waals surface area contributed by atoms with Gasteiger partial charge >= 0.3 is 0 Å². The van der Waals surface area contributed by atoms with Gasteiger partial charge in [-0.2, -0.15) is 5.10 Å². The smallest absolute Gasteiger partial charge is 0.105 e. The van der Waals surface area contributed by atoms with Crippen LogP contribution in [0.4, 0.5) is 0 Å². The largest absolute Gasteiger partial charge is 0.384 e. The number of methoxy groups -OCH3 is 1. The molecule has 1 N–H and O–H groups in total. The Morgan fingerprint density at radius 1 is 1.59 bits per heavy atom. The predicted molar refractivity (Wildman–Crippen MR) is 68.1 cm³/mol. The SMILES string of the molecule is COCCn1ncc(Cl)c1C(C)(O)CC(C)C. The number of nitrogens with zero attached hydrogens (tertiary/aromatic N) is 2. The Labute approximate surface area is 108 Å². The summed E-state index contributed by atoms with van der Waals surface area (Å²) in [6, 6.07) is 0. The second kappa shape index (κ2) is 5.85. The Bertz CT molecular complexity index is 361. The van der Waals surface area contributed by atoms with Crippen molar-refractivity contribution in [1.29, 1.82) is 0 Å². The third kappa shape index (κ3) is 3.69. The molecule has 0 amide bonds. The molecule has 0 saturated carbocycles. The first-order valence-electron chi connectivity index (χ1n) is 5.81. The van der Waals surface area contributed by atoms with Crippen LogP contribution in [0.3, 0.4) is 0 Å². The van der Waals surface area contributed by atoms with E-state index in [4.69, 9.17) is 16.3 Å². The van der Waals surface area contributed by atoms with Gasteiger partial charge < -0.3 is 9.84 Å². The molecule has 17 heavy (non-hydrogen) atoms.